The highest BCUT2D eigenvalue weighted by Gasteiger charge is 2.27. The number of nitrogens with one attached hydrogen (secondary N) is 1. The number of thiophene rings is 1. The fourth-order valence-electron chi connectivity index (χ4n) is 2.42. The molecule has 1 aliphatic heterocycles. The number of sulfonamides is 1. The normalized spacial score (nSPS) is 17.7. The number of hydrogen-bond donors (Lipinski definition) is 1. The Bertz CT molecular complexity index is 589. The van der Waals surface area contributed by atoms with Crippen molar-refractivity contribution < 1.29 is 13.2 Å². The summed E-state index contributed by atoms with van der Waals surface area (Å²) in [4.78, 5) is 15.0. The van der Waals surface area contributed by atoms with Gasteiger partial charge < -0.3 is 4.90 Å². The fourth-order valence-corrected chi connectivity index (χ4v) is 4.93. The minimum atomic E-state index is -3.61. The Kier molecular flexibility index (Phi) is 5.40. The van der Waals surface area contributed by atoms with Crippen molar-refractivity contribution in [2.75, 3.05) is 13.1 Å². The van der Waals surface area contributed by atoms with E-state index in [-0.39, 0.29) is 10.1 Å². The first kappa shape index (κ1) is 16.5. The molecule has 0 bridgehead atoms. The van der Waals surface area contributed by atoms with Crippen LogP contribution in [-0.4, -0.2) is 38.4 Å². The van der Waals surface area contributed by atoms with E-state index < -0.39 is 16.1 Å². The molecule has 2 rings (SSSR count). The number of amides is 1. The zero-order valence-corrected chi connectivity index (χ0v) is 14.1. The molecule has 0 saturated carbocycles. The Hall–Kier alpha value is -0.920. The smallest absolute Gasteiger partial charge is 0.250 e. The van der Waals surface area contributed by atoms with Gasteiger partial charge in [-0.2, -0.15) is 4.72 Å². The van der Waals surface area contributed by atoms with Crippen molar-refractivity contribution >= 4 is 27.3 Å². The third-order valence-electron chi connectivity index (χ3n) is 3.62. The third kappa shape index (κ3) is 4.05. The Labute approximate surface area is 130 Å². The van der Waals surface area contributed by atoms with Crippen molar-refractivity contribution in [2.24, 2.45) is 0 Å². The minimum Gasteiger partial charge on any atom is -0.341 e. The van der Waals surface area contributed by atoms with Crippen LogP contribution in [0.3, 0.4) is 0 Å². The summed E-state index contributed by atoms with van der Waals surface area (Å²) in [7, 11) is -3.61. The lowest BCUT2D eigenvalue weighted by Crippen LogP contribution is -2.48. The van der Waals surface area contributed by atoms with E-state index in [4.69, 9.17) is 0 Å². The van der Waals surface area contributed by atoms with Gasteiger partial charge in [0.1, 0.15) is 4.21 Å². The molecule has 5 nitrogen and oxygen atoms in total. The SMILES string of the molecule is CCc1ccc(S(=O)(=O)N[C@@H](C)C(=O)N2CCCCC2)s1. The van der Waals surface area contributed by atoms with Crippen LogP contribution in [0.15, 0.2) is 16.3 Å². The number of carbonyl (C=O) groups is 1. The largest absolute Gasteiger partial charge is 0.341 e. The monoisotopic (exact) mass is 330 g/mol. The Morgan fingerprint density at radius 3 is 2.57 bits per heavy atom. The predicted octanol–water partition coefficient (Wildman–Crippen LogP) is 1.99. The maximum absolute atomic E-state index is 12.3. The molecule has 1 aliphatic rings. The van der Waals surface area contributed by atoms with Crippen molar-refractivity contribution in [3.05, 3.63) is 17.0 Å². The molecule has 0 spiro atoms. The van der Waals surface area contributed by atoms with Crippen molar-refractivity contribution in [3.63, 3.8) is 0 Å². The topological polar surface area (TPSA) is 66.5 Å². The highest BCUT2D eigenvalue weighted by Crippen LogP contribution is 2.22. The van der Waals surface area contributed by atoms with Crippen molar-refractivity contribution in [1.82, 2.24) is 9.62 Å². The summed E-state index contributed by atoms with van der Waals surface area (Å²) >= 11 is 1.25. The highest BCUT2D eigenvalue weighted by molar-refractivity contribution is 7.91. The molecule has 118 valence electrons. The van der Waals surface area contributed by atoms with Crippen molar-refractivity contribution in [1.29, 1.82) is 0 Å². The van der Waals surface area contributed by atoms with Crippen LogP contribution in [0.25, 0.3) is 0 Å². The molecule has 1 aromatic heterocycles. The third-order valence-corrected chi connectivity index (χ3v) is 6.88. The van der Waals surface area contributed by atoms with Gasteiger partial charge in [0.25, 0.3) is 10.0 Å². The van der Waals surface area contributed by atoms with Crippen LogP contribution < -0.4 is 4.72 Å². The molecule has 2 heterocycles. The lowest BCUT2D eigenvalue weighted by atomic mass is 10.1. The maximum atomic E-state index is 12.3. The van der Waals surface area contributed by atoms with E-state index in [1.807, 2.05) is 13.0 Å². The van der Waals surface area contributed by atoms with Gasteiger partial charge in [0.2, 0.25) is 5.91 Å². The molecular formula is C14H22N2O3S2. The van der Waals surface area contributed by atoms with Gasteiger partial charge in [-0.1, -0.05) is 6.92 Å². The molecule has 21 heavy (non-hydrogen) atoms. The minimum absolute atomic E-state index is 0.134. The quantitative estimate of drug-likeness (QED) is 0.898. The first-order valence-corrected chi connectivity index (χ1v) is 9.64. The summed E-state index contributed by atoms with van der Waals surface area (Å²) < 4.78 is 27.3. The van der Waals surface area contributed by atoms with Crippen LogP contribution in [0.1, 0.15) is 38.0 Å². The lowest BCUT2D eigenvalue weighted by Gasteiger charge is -2.29. The molecule has 1 N–H and O–H groups in total. The molecule has 0 unspecified atom stereocenters. The van der Waals surface area contributed by atoms with Gasteiger partial charge in [0.05, 0.1) is 6.04 Å². The number of rotatable bonds is 5. The maximum Gasteiger partial charge on any atom is 0.250 e. The first-order chi connectivity index (χ1) is 9.94. The molecule has 0 radical (unpaired) electrons. The predicted molar refractivity (Wildman–Crippen MR) is 83.9 cm³/mol. The second-order valence-electron chi connectivity index (χ2n) is 5.30. The van der Waals surface area contributed by atoms with E-state index >= 15 is 0 Å². The molecule has 1 aromatic rings. The van der Waals surface area contributed by atoms with E-state index in [1.165, 1.54) is 11.3 Å². The number of nitrogens with zero attached hydrogens (tertiary/aromatic N) is 1. The summed E-state index contributed by atoms with van der Waals surface area (Å²) in [6.45, 7) is 5.05. The van der Waals surface area contributed by atoms with Gasteiger partial charge >= 0.3 is 0 Å². The summed E-state index contributed by atoms with van der Waals surface area (Å²) in [6.07, 6.45) is 3.94. The second kappa shape index (κ2) is 6.89. The van der Waals surface area contributed by atoms with Crippen molar-refractivity contribution in [3.8, 4) is 0 Å². The first-order valence-electron chi connectivity index (χ1n) is 7.34. The summed E-state index contributed by atoms with van der Waals surface area (Å²) in [5, 5.41) is 0. The summed E-state index contributed by atoms with van der Waals surface area (Å²) in [5.74, 6) is -0.134. The van der Waals surface area contributed by atoms with Gasteiger partial charge in [-0.25, -0.2) is 8.42 Å². The Morgan fingerprint density at radius 1 is 1.33 bits per heavy atom. The van der Waals surface area contributed by atoms with Gasteiger partial charge in [-0.3, -0.25) is 4.79 Å². The zero-order valence-electron chi connectivity index (χ0n) is 12.5. The van der Waals surface area contributed by atoms with Crippen LogP contribution in [0.5, 0.6) is 0 Å². The average molecular weight is 330 g/mol. The van der Waals surface area contributed by atoms with Crippen LogP contribution in [0.4, 0.5) is 0 Å². The van der Waals surface area contributed by atoms with Crippen LogP contribution >= 0.6 is 11.3 Å². The molecule has 1 saturated heterocycles. The summed E-state index contributed by atoms with van der Waals surface area (Å²) in [6, 6.07) is 2.69. The lowest BCUT2D eigenvalue weighted by molar-refractivity contribution is -0.133. The molecule has 0 aliphatic carbocycles. The fraction of sp³-hybridized carbons (Fsp3) is 0.643. The number of carbonyl (C=O) groups excluding carboxylic acids is 1. The number of piperidine rings is 1. The molecule has 7 heteroatoms. The molecular weight excluding hydrogens is 308 g/mol. The molecule has 1 amide bonds. The number of hydrogen-bond acceptors (Lipinski definition) is 4. The Balaban J connectivity index is 2.03. The van der Waals surface area contributed by atoms with E-state index in [0.29, 0.717) is 0 Å². The van der Waals surface area contributed by atoms with Crippen molar-refractivity contribution in [2.45, 2.75) is 49.8 Å². The highest BCUT2D eigenvalue weighted by atomic mass is 32.2. The second-order valence-corrected chi connectivity index (χ2v) is 8.41. The van der Waals surface area contributed by atoms with Gasteiger partial charge in [-0.15, -0.1) is 11.3 Å². The van der Waals surface area contributed by atoms with Crippen LogP contribution in [-0.2, 0) is 21.2 Å². The van der Waals surface area contributed by atoms with E-state index in [9.17, 15) is 13.2 Å². The van der Waals surface area contributed by atoms with Crippen LogP contribution in [0, 0.1) is 0 Å². The average Bonchev–Trinajstić information content (AvgIpc) is 2.96. The Morgan fingerprint density at radius 2 is 2.00 bits per heavy atom. The van der Waals surface area contributed by atoms with Gasteiger partial charge in [-0.05, 0) is 44.7 Å². The van der Waals surface area contributed by atoms with Gasteiger partial charge in [0, 0.05) is 18.0 Å². The summed E-state index contributed by atoms with van der Waals surface area (Å²) in [5.41, 5.74) is 0. The van der Waals surface area contributed by atoms with E-state index in [0.717, 1.165) is 43.6 Å². The van der Waals surface area contributed by atoms with Gasteiger partial charge in [0.15, 0.2) is 0 Å². The standard InChI is InChI=1S/C14H22N2O3S2/c1-3-12-7-8-13(20-12)21(18,19)15-11(2)14(17)16-9-5-4-6-10-16/h7-8,11,15H,3-6,9-10H2,1-2H3/t11-/m0/s1. The molecule has 1 fully saturated rings. The zero-order chi connectivity index (χ0) is 15.5. The molecule has 0 aromatic carbocycles. The molecule has 1 atom stereocenters. The number of likely N-dealkylation sites (tertiary alicyclic amines) is 1. The van der Waals surface area contributed by atoms with E-state index in [2.05, 4.69) is 4.72 Å². The number of aryl methyl sites for hydroxylation is 1. The van der Waals surface area contributed by atoms with Crippen LogP contribution in [0.2, 0.25) is 0 Å². The van der Waals surface area contributed by atoms with E-state index in [1.54, 1.807) is 17.9 Å².